The fourth-order valence-electron chi connectivity index (χ4n) is 6.69. The van der Waals surface area contributed by atoms with E-state index in [1.807, 2.05) is 27.7 Å². The van der Waals surface area contributed by atoms with Crippen LogP contribution in [-0.2, 0) is 45.9 Å². The molecule has 0 fully saturated rings. The lowest BCUT2D eigenvalue weighted by Gasteiger charge is -2.16. The Morgan fingerprint density at radius 3 is 1.06 bits per heavy atom. The Labute approximate surface area is 314 Å². The number of hydrogen-bond donors (Lipinski definition) is 4. The molecule has 0 aromatic heterocycles. The summed E-state index contributed by atoms with van der Waals surface area (Å²) in [6, 6.07) is 24.0. The highest BCUT2D eigenvalue weighted by molar-refractivity contribution is 7.86. The van der Waals surface area contributed by atoms with Crippen molar-refractivity contribution in [3.05, 3.63) is 107 Å². The van der Waals surface area contributed by atoms with Crippen molar-refractivity contribution >= 4 is 75.9 Å². The zero-order valence-electron chi connectivity index (χ0n) is 30.2. The minimum atomic E-state index is -4.57. The van der Waals surface area contributed by atoms with Crippen LogP contribution >= 0.6 is 0 Å². The third kappa shape index (κ3) is 7.33. The maximum Gasteiger partial charge on any atom is 0.295 e. The predicted molar refractivity (Wildman–Crippen MR) is 214 cm³/mol. The first kappa shape index (κ1) is 38.2. The number of aryl methyl sites for hydroxylation is 4. The van der Waals surface area contributed by atoms with Gasteiger partial charge in [-0.25, -0.2) is 0 Å². The minimum Gasteiger partial charge on any atom is -0.396 e. The number of fused-ring (bicyclic) bond motifs is 2. The summed E-state index contributed by atoms with van der Waals surface area (Å²) >= 11 is 0. The van der Waals surface area contributed by atoms with E-state index in [0.29, 0.717) is 58.6 Å². The number of nitrogens with two attached hydrogens (primary N) is 2. The van der Waals surface area contributed by atoms with Crippen LogP contribution in [0.4, 0.5) is 34.1 Å². The highest BCUT2D eigenvalue weighted by Gasteiger charge is 2.21. The minimum absolute atomic E-state index is 0.124. The highest BCUT2D eigenvalue weighted by atomic mass is 32.2. The molecule has 14 heteroatoms. The zero-order chi connectivity index (χ0) is 38.9. The van der Waals surface area contributed by atoms with Crippen molar-refractivity contribution in [3.8, 4) is 11.1 Å². The number of anilines is 2. The quantitative estimate of drug-likeness (QED) is 0.0565. The van der Waals surface area contributed by atoms with Gasteiger partial charge < -0.3 is 11.5 Å². The molecule has 0 bridgehead atoms. The average Bonchev–Trinajstić information content (AvgIpc) is 3.15. The summed E-state index contributed by atoms with van der Waals surface area (Å²) < 4.78 is 69.0. The molecule has 0 amide bonds. The molecule has 0 heterocycles. The monoisotopic (exact) mass is 764 g/mol. The van der Waals surface area contributed by atoms with Gasteiger partial charge in [-0.1, -0.05) is 76.2 Å². The summed E-state index contributed by atoms with van der Waals surface area (Å²) in [5.41, 5.74) is 20.5. The molecule has 6 aromatic carbocycles. The summed E-state index contributed by atoms with van der Waals surface area (Å²) in [6.07, 6.45) is 2.52. The number of nitrogen functional groups attached to an aromatic ring is 2. The van der Waals surface area contributed by atoms with Crippen molar-refractivity contribution in [2.45, 2.75) is 63.2 Å². The first-order valence-corrected chi connectivity index (χ1v) is 20.3. The van der Waals surface area contributed by atoms with Crippen LogP contribution in [0.3, 0.4) is 0 Å². The number of hydrogen-bond acceptors (Lipinski definition) is 10. The second-order valence-electron chi connectivity index (χ2n) is 12.8. The van der Waals surface area contributed by atoms with Crippen LogP contribution in [-0.4, -0.2) is 25.9 Å². The Morgan fingerprint density at radius 2 is 0.778 bits per heavy atom. The van der Waals surface area contributed by atoms with Gasteiger partial charge in [0.05, 0.1) is 22.7 Å². The van der Waals surface area contributed by atoms with Crippen LogP contribution in [0.25, 0.3) is 32.7 Å². The maximum atomic E-state index is 12.3. The number of azo groups is 2. The smallest absolute Gasteiger partial charge is 0.295 e. The zero-order valence-corrected chi connectivity index (χ0v) is 31.8. The Morgan fingerprint density at radius 1 is 0.481 bits per heavy atom. The molecule has 0 saturated carbocycles. The van der Waals surface area contributed by atoms with Crippen LogP contribution in [0, 0.1) is 0 Å². The van der Waals surface area contributed by atoms with E-state index < -0.39 is 20.2 Å². The van der Waals surface area contributed by atoms with Crippen molar-refractivity contribution in [2.24, 2.45) is 20.5 Å². The summed E-state index contributed by atoms with van der Waals surface area (Å²) in [5.74, 6) is 0. The Balaban J connectivity index is 1.42. The van der Waals surface area contributed by atoms with Crippen molar-refractivity contribution in [2.75, 3.05) is 11.5 Å². The maximum absolute atomic E-state index is 12.3. The molecule has 6 aromatic rings. The predicted octanol–water partition coefficient (Wildman–Crippen LogP) is 10.4. The second kappa shape index (κ2) is 15.1. The molecule has 0 spiro atoms. The summed E-state index contributed by atoms with van der Waals surface area (Å²) in [4.78, 5) is -0.596. The van der Waals surface area contributed by atoms with E-state index in [1.165, 1.54) is 12.1 Å². The van der Waals surface area contributed by atoms with Gasteiger partial charge in [-0.2, -0.15) is 16.8 Å². The normalized spacial score (nSPS) is 12.5. The summed E-state index contributed by atoms with van der Waals surface area (Å²) in [7, 11) is -9.14. The largest absolute Gasteiger partial charge is 0.396 e. The van der Waals surface area contributed by atoms with Crippen LogP contribution in [0.15, 0.2) is 115 Å². The van der Waals surface area contributed by atoms with Crippen LogP contribution < -0.4 is 11.5 Å². The van der Waals surface area contributed by atoms with Crippen molar-refractivity contribution in [3.63, 3.8) is 0 Å². The van der Waals surface area contributed by atoms with Crippen LogP contribution in [0.5, 0.6) is 0 Å². The first-order valence-electron chi connectivity index (χ1n) is 17.4. The molecule has 12 nitrogen and oxygen atoms in total. The molecule has 0 unspecified atom stereocenters. The van der Waals surface area contributed by atoms with E-state index in [2.05, 4.69) is 44.7 Å². The Bertz CT molecular complexity index is 2510. The van der Waals surface area contributed by atoms with Gasteiger partial charge in [-0.05, 0) is 95.5 Å². The van der Waals surface area contributed by atoms with Gasteiger partial charge in [-0.15, -0.1) is 20.5 Å². The molecule has 0 aliphatic carbocycles. The molecule has 0 radical (unpaired) electrons. The molecule has 0 aliphatic rings. The van der Waals surface area contributed by atoms with Gasteiger partial charge in [0, 0.05) is 21.5 Å². The average molecular weight is 765 g/mol. The fraction of sp³-hybridized carbons (Fsp3) is 0.200. The van der Waals surface area contributed by atoms with E-state index in [1.54, 1.807) is 48.5 Å². The Hall–Kier alpha value is -5.54. The molecule has 0 saturated heterocycles. The molecule has 54 heavy (non-hydrogen) atoms. The van der Waals surface area contributed by atoms with E-state index in [4.69, 9.17) is 11.5 Å². The van der Waals surface area contributed by atoms with Gasteiger partial charge in [0.15, 0.2) is 0 Å². The molecular formula is C40H40N6O6S2. The van der Waals surface area contributed by atoms with Crippen molar-refractivity contribution in [1.29, 1.82) is 0 Å². The Kier molecular flexibility index (Phi) is 10.7. The molecule has 278 valence electrons. The SMILES string of the molecule is CCc1cc(-c2cc(CC)c(N=Nc3cc(S(=O)(=O)O)c4ccccc4c3N)c(CC)c2)cc(CC)c1N=Nc1cc(S(=O)(=O)O)c2ccccc2c1N. The van der Waals surface area contributed by atoms with Gasteiger partial charge in [0.2, 0.25) is 0 Å². The standard InChI is InChI=1S/C40H40N6O6S2/c1-5-23-17-27(18-24(6-2)39(23)45-43-33-21-35(53(47,48)49)29-13-9-11-15-31(29)37(33)41)28-19-25(7-3)40(26(8-4)20-28)46-44-34-22-36(54(50,51)52)30-14-10-12-16-32(30)38(34)42/h9-22H,5-8,41-42H2,1-4H3,(H,47,48,49)(H,50,51,52). The second-order valence-corrected chi connectivity index (χ2v) is 15.5. The lowest BCUT2D eigenvalue weighted by Crippen LogP contribution is -2.01. The van der Waals surface area contributed by atoms with Crippen molar-refractivity contribution < 1.29 is 25.9 Å². The van der Waals surface area contributed by atoms with E-state index in [0.717, 1.165) is 33.4 Å². The lowest BCUT2D eigenvalue weighted by atomic mass is 9.92. The molecule has 0 atom stereocenters. The van der Waals surface area contributed by atoms with Gasteiger partial charge in [0.25, 0.3) is 20.2 Å². The molecule has 6 N–H and O–H groups in total. The van der Waals surface area contributed by atoms with Crippen molar-refractivity contribution in [1.82, 2.24) is 0 Å². The fourth-order valence-corrected chi connectivity index (χ4v) is 8.12. The van der Waals surface area contributed by atoms with Crippen LogP contribution in [0.2, 0.25) is 0 Å². The summed E-state index contributed by atoms with van der Waals surface area (Å²) in [5, 5.41) is 19.5. The first-order chi connectivity index (χ1) is 25.7. The topological polar surface area (TPSA) is 210 Å². The van der Waals surface area contributed by atoms with E-state index in [-0.39, 0.29) is 32.5 Å². The lowest BCUT2D eigenvalue weighted by molar-refractivity contribution is 0.482. The number of benzene rings is 6. The molecular weight excluding hydrogens is 725 g/mol. The molecule has 6 rings (SSSR count). The number of rotatable bonds is 11. The molecule has 0 aliphatic heterocycles. The highest BCUT2D eigenvalue weighted by Crippen LogP contribution is 2.41. The summed E-state index contributed by atoms with van der Waals surface area (Å²) in [6.45, 7) is 8.07. The van der Waals surface area contributed by atoms with E-state index in [9.17, 15) is 25.9 Å². The third-order valence-corrected chi connectivity index (χ3v) is 11.3. The van der Waals surface area contributed by atoms with Gasteiger partial charge >= 0.3 is 0 Å². The van der Waals surface area contributed by atoms with E-state index >= 15 is 0 Å². The third-order valence-electron chi connectivity index (χ3n) is 9.52. The van der Waals surface area contributed by atoms with Gasteiger partial charge in [0.1, 0.15) is 21.2 Å². The van der Waals surface area contributed by atoms with Crippen LogP contribution in [0.1, 0.15) is 49.9 Å². The number of nitrogens with zero attached hydrogens (tertiary/aromatic N) is 4. The van der Waals surface area contributed by atoms with Gasteiger partial charge in [-0.3, -0.25) is 9.11 Å².